The maximum Gasteiger partial charge on any atom is -0.00204 e. The van der Waals surface area contributed by atoms with E-state index in [-0.39, 0.29) is 0 Å². The van der Waals surface area contributed by atoms with Crippen molar-refractivity contribution in [2.24, 2.45) is 5.92 Å². The zero-order valence-electron chi connectivity index (χ0n) is 10.7. The molecule has 0 amide bonds. The average Bonchev–Trinajstić information content (AvgIpc) is 2.38. The fourth-order valence-electron chi connectivity index (χ4n) is 2.35. The molecule has 2 rings (SSSR count). The number of nitrogens with one attached hydrogen (secondary N) is 1. The van der Waals surface area contributed by atoms with Gasteiger partial charge in [-0.1, -0.05) is 55.8 Å². The van der Waals surface area contributed by atoms with Crippen LogP contribution in [0, 0.1) is 5.92 Å². The molecule has 90 valence electrons. The van der Waals surface area contributed by atoms with Gasteiger partial charge in [-0.25, -0.2) is 0 Å². The lowest BCUT2D eigenvalue weighted by molar-refractivity contribution is 0.481. The first kappa shape index (κ1) is 12.1. The van der Waals surface area contributed by atoms with E-state index in [2.05, 4.69) is 54.7 Å². The summed E-state index contributed by atoms with van der Waals surface area (Å²) in [7, 11) is 2.03. The van der Waals surface area contributed by atoms with Crippen molar-refractivity contribution < 1.29 is 0 Å². The second kappa shape index (κ2) is 5.83. The minimum absolute atomic E-state index is 0.737. The van der Waals surface area contributed by atoms with E-state index < -0.39 is 0 Å². The molecule has 1 atom stereocenters. The monoisotopic (exact) mass is 227 g/mol. The summed E-state index contributed by atoms with van der Waals surface area (Å²) in [5.74, 6) is 0.737. The van der Waals surface area contributed by atoms with Crippen LogP contribution in [0.25, 0.3) is 10.8 Å². The van der Waals surface area contributed by atoms with Gasteiger partial charge < -0.3 is 5.32 Å². The Hall–Kier alpha value is -1.34. The lowest BCUT2D eigenvalue weighted by Gasteiger charge is -2.14. The Morgan fingerprint density at radius 3 is 2.53 bits per heavy atom. The maximum absolute atomic E-state index is 3.28. The molecule has 2 aromatic rings. The molecule has 0 aromatic heterocycles. The molecule has 1 N–H and O–H groups in total. The van der Waals surface area contributed by atoms with E-state index in [1.165, 1.54) is 29.2 Å². The van der Waals surface area contributed by atoms with Crippen LogP contribution in [-0.2, 0) is 6.42 Å². The van der Waals surface area contributed by atoms with Gasteiger partial charge in [0.2, 0.25) is 0 Å². The van der Waals surface area contributed by atoms with Crippen molar-refractivity contribution in [3.05, 3.63) is 48.0 Å². The van der Waals surface area contributed by atoms with E-state index >= 15 is 0 Å². The normalized spacial score (nSPS) is 12.8. The fourth-order valence-corrected chi connectivity index (χ4v) is 2.35. The second-order valence-corrected chi connectivity index (χ2v) is 4.72. The first-order chi connectivity index (χ1) is 8.33. The lowest BCUT2D eigenvalue weighted by Crippen LogP contribution is -2.20. The van der Waals surface area contributed by atoms with Crippen LogP contribution in [-0.4, -0.2) is 13.6 Å². The molecule has 1 heteroatoms. The first-order valence-electron chi connectivity index (χ1n) is 6.45. The SMILES string of the molecule is CCC(CNC)Cc1ccc2ccccc2c1. The van der Waals surface area contributed by atoms with Crippen molar-refractivity contribution in [3.8, 4) is 0 Å². The van der Waals surface area contributed by atoms with Gasteiger partial charge in [-0.15, -0.1) is 0 Å². The lowest BCUT2D eigenvalue weighted by atomic mass is 9.95. The summed E-state index contributed by atoms with van der Waals surface area (Å²) < 4.78 is 0. The second-order valence-electron chi connectivity index (χ2n) is 4.72. The van der Waals surface area contributed by atoms with E-state index in [9.17, 15) is 0 Å². The number of hydrogen-bond donors (Lipinski definition) is 1. The average molecular weight is 227 g/mol. The number of hydrogen-bond acceptors (Lipinski definition) is 1. The van der Waals surface area contributed by atoms with Gasteiger partial charge in [-0.3, -0.25) is 0 Å². The molecule has 1 unspecified atom stereocenters. The Balaban J connectivity index is 2.18. The highest BCUT2D eigenvalue weighted by molar-refractivity contribution is 5.82. The summed E-state index contributed by atoms with van der Waals surface area (Å²) >= 11 is 0. The Morgan fingerprint density at radius 1 is 1.06 bits per heavy atom. The summed E-state index contributed by atoms with van der Waals surface area (Å²) in [5.41, 5.74) is 1.45. The largest absolute Gasteiger partial charge is 0.319 e. The summed E-state index contributed by atoms with van der Waals surface area (Å²) in [6, 6.07) is 15.4. The zero-order chi connectivity index (χ0) is 12.1. The number of fused-ring (bicyclic) bond motifs is 1. The maximum atomic E-state index is 3.28. The summed E-state index contributed by atoms with van der Waals surface area (Å²) in [5, 5.41) is 5.96. The zero-order valence-corrected chi connectivity index (χ0v) is 10.7. The highest BCUT2D eigenvalue weighted by atomic mass is 14.8. The van der Waals surface area contributed by atoms with Crippen LogP contribution in [0.3, 0.4) is 0 Å². The van der Waals surface area contributed by atoms with E-state index in [1.54, 1.807) is 0 Å². The molecule has 0 radical (unpaired) electrons. The van der Waals surface area contributed by atoms with Crippen molar-refractivity contribution in [2.75, 3.05) is 13.6 Å². The molecule has 0 saturated heterocycles. The predicted molar refractivity (Wildman–Crippen MR) is 75.4 cm³/mol. The quantitative estimate of drug-likeness (QED) is 0.822. The molecule has 0 saturated carbocycles. The molecule has 0 aliphatic rings. The minimum atomic E-state index is 0.737. The number of benzene rings is 2. The highest BCUT2D eigenvalue weighted by Crippen LogP contribution is 2.18. The topological polar surface area (TPSA) is 12.0 Å². The smallest absolute Gasteiger partial charge is 0.00204 e. The van der Waals surface area contributed by atoms with Gasteiger partial charge in [0, 0.05) is 0 Å². The highest BCUT2D eigenvalue weighted by Gasteiger charge is 2.06. The van der Waals surface area contributed by atoms with Gasteiger partial charge >= 0.3 is 0 Å². The molecule has 0 bridgehead atoms. The third-order valence-electron chi connectivity index (χ3n) is 3.41. The molecule has 1 nitrogen and oxygen atoms in total. The molecular weight excluding hydrogens is 206 g/mol. The summed E-state index contributed by atoms with van der Waals surface area (Å²) in [6.07, 6.45) is 2.40. The van der Waals surface area contributed by atoms with E-state index in [1.807, 2.05) is 7.05 Å². The van der Waals surface area contributed by atoms with Gasteiger partial charge in [0.05, 0.1) is 0 Å². The van der Waals surface area contributed by atoms with Crippen molar-refractivity contribution in [2.45, 2.75) is 19.8 Å². The van der Waals surface area contributed by atoms with E-state index in [0.29, 0.717) is 0 Å². The van der Waals surface area contributed by atoms with Crippen LogP contribution in [0.1, 0.15) is 18.9 Å². The molecule has 0 aliphatic carbocycles. The standard InChI is InChI=1S/C16H21N/c1-3-13(12-17-2)10-14-8-9-15-6-4-5-7-16(15)11-14/h4-9,11,13,17H,3,10,12H2,1-2H3. The third-order valence-corrected chi connectivity index (χ3v) is 3.41. The van der Waals surface area contributed by atoms with Crippen molar-refractivity contribution in [1.29, 1.82) is 0 Å². The molecule has 0 heterocycles. The van der Waals surface area contributed by atoms with Crippen molar-refractivity contribution in [1.82, 2.24) is 5.32 Å². The van der Waals surface area contributed by atoms with Crippen molar-refractivity contribution >= 4 is 10.8 Å². The van der Waals surface area contributed by atoms with Crippen LogP contribution in [0.5, 0.6) is 0 Å². The molecule has 2 aromatic carbocycles. The Morgan fingerprint density at radius 2 is 1.82 bits per heavy atom. The van der Waals surface area contributed by atoms with Crippen LogP contribution in [0.15, 0.2) is 42.5 Å². The third kappa shape index (κ3) is 3.07. The Bertz CT molecular complexity index is 476. The molecule has 0 aliphatic heterocycles. The van der Waals surface area contributed by atoms with Gasteiger partial charge in [0.15, 0.2) is 0 Å². The van der Waals surface area contributed by atoms with Gasteiger partial charge in [0.25, 0.3) is 0 Å². The van der Waals surface area contributed by atoms with Gasteiger partial charge in [-0.05, 0) is 42.3 Å². The van der Waals surface area contributed by atoms with Gasteiger partial charge in [-0.2, -0.15) is 0 Å². The van der Waals surface area contributed by atoms with E-state index in [0.717, 1.165) is 12.5 Å². The fraction of sp³-hybridized carbons (Fsp3) is 0.375. The Kier molecular flexibility index (Phi) is 4.16. The van der Waals surface area contributed by atoms with Crippen molar-refractivity contribution in [3.63, 3.8) is 0 Å². The summed E-state index contributed by atoms with van der Waals surface area (Å²) in [4.78, 5) is 0. The molecule has 0 fully saturated rings. The van der Waals surface area contributed by atoms with Crippen LogP contribution in [0.4, 0.5) is 0 Å². The molecule has 0 spiro atoms. The molecule has 17 heavy (non-hydrogen) atoms. The van der Waals surface area contributed by atoms with Crippen LogP contribution >= 0.6 is 0 Å². The number of rotatable bonds is 5. The van der Waals surface area contributed by atoms with Crippen LogP contribution in [0.2, 0.25) is 0 Å². The first-order valence-corrected chi connectivity index (χ1v) is 6.45. The van der Waals surface area contributed by atoms with Gasteiger partial charge in [0.1, 0.15) is 0 Å². The minimum Gasteiger partial charge on any atom is -0.319 e. The summed E-state index contributed by atoms with van der Waals surface area (Å²) in [6.45, 7) is 3.37. The van der Waals surface area contributed by atoms with Crippen LogP contribution < -0.4 is 5.32 Å². The molecular formula is C16H21N. The Labute approximate surface area is 104 Å². The van der Waals surface area contributed by atoms with E-state index in [4.69, 9.17) is 0 Å². The predicted octanol–water partition coefficient (Wildman–Crippen LogP) is 3.63.